The number of nitrogens with one attached hydrogen (secondary N) is 3. The number of likely N-dealkylation sites (tertiary alicyclic amines) is 1. The van der Waals surface area contributed by atoms with Crippen molar-refractivity contribution in [2.24, 2.45) is 5.92 Å². The lowest BCUT2D eigenvalue weighted by Gasteiger charge is -2.35. The Bertz CT molecular complexity index is 637. The molecular formula is C18H26N4O4. The van der Waals surface area contributed by atoms with Gasteiger partial charge < -0.3 is 20.1 Å². The highest BCUT2D eigenvalue weighted by molar-refractivity contribution is 5.87. The van der Waals surface area contributed by atoms with Crippen molar-refractivity contribution in [1.82, 2.24) is 21.1 Å². The van der Waals surface area contributed by atoms with Crippen LogP contribution in [0.4, 0.5) is 0 Å². The van der Waals surface area contributed by atoms with E-state index < -0.39 is 5.97 Å². The van der Waals surface area contributed by atoms with E-state index in [2.05, 4.69) is 21.1 Å². The van der Waals surface area contributed by atoms with E-state index >= 15 is 0 Å². The van der Waals surface area contributed by atoms with E-state index in [9.17, 15) is 9.59 Å². The number of ether oxygens (including phenoxy) is 1. The fourth-order valence-electron chi connectivity index (χ4n) is 3.66. The maximum atomic E-state index is 12.0. The predicted molar refractivity (Wildman–Crippen MR) is 96.0 cm³/mol. The van der Waals surface area contributed by atoms with Crippen molar-refractivity contribution in [3.05, 3.63) is 29.8 Å². The normalized spacial score (nSPS) is 25.5. The van der Waals surface area contributed by atoms with Crippen LogP contribution in [0.1, 0.15) is 23.2 Å². The van der Waals surface area contributed by atoms with Crippen LogP contribution < -0.4 is 20.9 Å². The molecule has 2 aliphatic heterocycles. The summed E-state index contributed by atoms with van der Waals surface area (Å²) in [4.78, 5) is 25.2. The molecule has 0 saturated carbocycles. The van der Waals surface area contributed by atoms with E-state index in [4.69, 9.17) is 9.84 Å². The third kappa shape index (κ3) is 4.32. The van der Waals surface area contributed by atoms with Crippen molar-refractivity contribution in [3.63, 3.8) is 0 Å². The molecule has 0 radical (unpaired) electrons. The van der Waals surface area contributed by atoms with E-state index in [1.807, 2.05) is 0 Å². The van der Waals surface area contributed by atoms with Gasteiger partial charge in [0.1, 0.15) is 11.8 Å². The highest BCUT2D eigenvalue weighted by Gasteiger charge is 2.42. The molecule has 0 spiro atoms. The highest BCUT2D eigenvalue weighted by atomic mass is 16.5. The molecule has 8 nitrogen and oxygen atoms in total. The number of amides is 1. The van der Waals surface area contributed by atoms with E-state index in [0.717, 1.165) is 32.5 Å². The number of hydrogen-bond donors (Lipinski definition) is 4. The molecule has 2 saturated heterocycles. The van der Waals surface area contributed by atoms with E-state index in [1.165, 1.54) is 0 Å². The molecule has 26 heavy (non-hydrogen) atoms. The van der Waals surface area contributed by atoms with E-state index in [1.54, 1.807) is 31.3 Å². The lowest BCUT2D eigenvalue weighted by molar-refractivity contribution is -0.123. The van der Waals surface area contributed by atoms with Gasteiger partial charge in [0.2, 0.25) is 5.91 Å². The van der Waals surface area contributed by atoms with Crippen molar-refractivity contribution in [2.45, 2.75) is 24.9 Å². The Hall–Kier alpha value is -2.16. The molecule has 8 heteroatoms. The van der Waals surface area contributed by atoms with Crippen molar-refractivity contribution in [3.8, 4) is 5.75 Å². The molecule has 0 aromatic heterocycles. The van der Waals surface area contributed by atoms with Gasteiger partial charge in [-0.1, -0.05) is 0 Å². The van der Waals surface area contributed by atoms with Crippen molar-refractivity contribution >= 4 is 11.9 Å². The van der Waals surface area contributed by atoms with Gasteiger partial charge in [-0.3, -0.25) is 10.2 Å². The Kier molecular flexibility index (Phi) is 6.08. The van der Waals surface area contributed by atoms with Crippen LogP contribution in [0.15, 0.2) is 24.3 Å². The molecule has 3 rings (SSSR count). The molecule has 4 N–H and O–H groups in total. The number of aromatic carboxylic acids is 1. The second-order valence-electron chi connectivity index (χ2n) is 6.77. The smallest absolute Gasteiger partial charge is 0.335 e. The summed E-state index contributed by atoms with van der Waals surface area (Å²) in [7, 11) is 1.66. The van der Waals surface area contributed by atoms with Gasteiger partial charge in [-0.05, 0) is 43.7 Å². The maximum Gasteiger partial charge on any atom is 0.335 e. The fraction of sp³-hybridized carbons (Fsp3) is 0.556. The van der Waals surface area contributed by atoms with Crippen molar-refractivity contribution in [2.75, 3.05) is 33.3 Å². The summed E-state index contributed by atoms with van der Waals surface area (Å²) in [6.07, 6.45) is 1.90. The summed E-state index contributed by atoms with van der Waals surface area (Å²) in [6.45, 7) is 3.38. The van der Waals surface area contributed by atoms with Gasteiger partial charge in [0, 0.05) is 32.1 Å². The Balaban J connectivity index is 1.41. The highest BCUT2D eigenvalue weighted by Crippen LogP contribution is 2.24. The van der Waals surface area contributed by atoms with E-state index in [-0.39, 0.29) is 23.4 Å². The van der Waals surface area contributed by atoms with Gasteiger partial charge in [-0.25, -0.2) is 10.2 Å². The quantitative estimate of drug-likeness (QED) is 0.509. The van der Waals surface area contributed by atoms with E-state index in [0.29, 0.717) is 18.4 Å². The van der Waals surface area contributed by atoms with Gasteiger partial charge in [-0.2, -0.15) is 0 Å². The number of likely N-dealkylation sites (N-methyl/N-ethyl adjacent to an activating group) is 1. The number of piperidine rings is 1. The molecule has 2 aliphatic rings. The fourth-order valence-corrected chi connectivity index (χ4v) is 3.66. The topological polar surface area (TPSA) is 103 Å². The summed E-state index contributed by atoms with van der Waals surface area (Å²) in [6, 6.07) is 6.61. The monoisotopic (exact) mass is 362 g/mol. The summed E-state index contributed by atoms with van der Waals surface area (Å²) in [5.41, 5.74) is 6.61. The summed E-state index contributed by atoms with van der Waals surface area (Å²) < 4.78 is 5.69. The largest absolute Gasteiger partial charge is 0.494 e. The molecule has 2 fully saturated rings. The maximum absolute atomic E-state index is 12.0. The molecule has 142 valence electrons. The number of benzene rings is 1. The van der Waals surface area contributed by atoms with Crippen LogP contribution in [-0.2, 0) is 4.79 Å². The SMILES string of the molecule is CNC(=O)C1NNC2CCN(CCCOc3ccc(C(=O)O)cc3)CC21. The van der Waals surface area contributed by atoms with Crippen LogP contribution >= 0.6 is 0 Å². The minimum Gasteiger partial charge on any atom is -0.494 e. The van der Waals surface area contributed by atoms with Gasteiger partial charge in [0.05, 0.1) is 12.2 Å². The Morgan fingerprint density at radius 1 is 1.31 bits per heavy atom. The number of hydrazine groups is 1. The molecule has 3 atom stereocenters. The average molecular weight is 362 g/mol. The zero-order valence-corrected chi connectivity index (χ0v) is 14.9. The Labute approximate surface area is 152 Å². The summed E-state index contributed by atoms with van der Waals surface area (Å²) in [5, 5.41) is 11.6. The average Bonchev–Trinajstić information content (AvgIpc) is 3.08. The Morgan fingerprint density at radius 2 is 2.08 bits per heavy atom. The van der Waals surface area contributed by atoms with Crippen LogP contribution in [0.2, 0.25) is 0 Å². The first-order valence-electron chi connectivity index (χ1n) is 8.99. The molecule has 0 aliphatic carbocycles. The molecule has 1 aromatic carbocycles. The first-order chi connectivity index (χ1) is 12.6. The van der Waals surface area contributed by atoms with Crippen LogP contribution in [0.25, 0.3) is 0 Å². The van der Waals surface area contributed by atoms with Gasteiger partial charge >= 0.3 is 5.97 Å². The standard InChI is InChI=1S/C18H26N4O4/c1-19-17(23)16-14-11-22(9-7-15(14)20-21-16)8-2-10-26-13-5-3-12(4-6-13)18(24)25/h3-6,14-16,20-21H,2,7-11H2,1H3,(H,19,23)(H,24,25). The third-order valence-electron chi connectivity index (χ3n) is 5.11. The number of carbonyl (C=O) groups excluding carboxylic acids is 1. The third-order valence-corrected chi connectivity index (χ3v) is 5.11. The number of carboxylic acids is 1. The zero-order chi connectivity index (χ0) is 18.5. The number of carboxylic acid groups (broad SMARTS) is 1. The second kappa shape index (κ2) is 8.48. The number of carbonyl (C=O) groups is 2. The van der Waals surface area contributed by atoms with Crippen molar-refractivity contribution < 1.29 is 19.4 Å². The second-order valence-corrected chi connectivity index (χ2v) is 6.77. The van der Waals surface area contributed by atoms with Gasteiger partial charge in [0.25, 0.3) is 0 Å². The minimum atomic E-state index is -0.939. The molecule has 0 bridgehead atoms. The first kappa shape index (κ1) is 18.6. The first-order valence-corrected chi connectivity index (χ1v) is 8.99. The molecule has 2 heterocycles. The molecule has 3 unspecified atom stereocenters. The summed E-state index contributed by atoms with van der Waals surface area (Å²) in [5.74, 6) is 0.0386. The Morgan fingerprint density at radius 3 is 2.77 bits per heavy atom. The molecular weight excluding hydrogens is 336 g/mol. The van der Waals surface area contributed by atoms with Crippen LogP contribution in [0, 0.1) is 5.92 Å². The molecule has 1 amide bonds. The number of hydrogen-bond acceptors (Lipinski definition) is 6. The van der Waals surface area contributed by atoms with Gasteiger partial charge in [-0.15, -0.1) is 0 Å². The van der Waals surface area contributed by atoms with Crippen LogP contribution in [-0.4, -0.2) is 67.3 Å². The summed E-state index contributed by atoms with van der Waals surface area (Å²) >= 11 is 0. The van der Waals surface area contributed by atoms with Gasteiger partial charge in [0.15, 0.2) is 0 Å². The minimum absolute atomic E-state index is 0.0278. The van der Waals surface area contributed by atoms with Crippen LogP contribution in [0.3, 0.4) is 0 Å². The number of rotatable bonds is 7. The zero-order valence-electron chi connectivity index (χ0n) is 14.9. The van der Waals surface area contributed by atoms with Crippen molar-refractivity contribution in [1.29, 1.82) is 0 Å². The predicted octanol–water partition coefficient (Wildman–Crippen LogP) is 0.0666. The number of fused-ring (bicyclic) bond motifs is 1. The lowest BCUT2D eigenvalue weighted by atomic mass is 9.88. The molecule has 1 aromatic rings. The van der Waals surface area contributed by atoms with Crippen LogP contribution in [0.5, 0.6) is 5.75 Å². The number of nitrogens with zero attached hydrogens (tertiary/aromatic N) is 1. The lowest BCUT2D eigenvalue weighted by Crippen LogP contribution is -2.50.